The quantitative estimate of drug-likeness (QED) is 0.851. The summed E-state index contributed by atoms with van der Waals surface area (Å²) in [5.74, 6) is -0.924. The highest BCUT2D eigenvalue weighted by atomic mass is 79.9. The fourth-order valence-corrected chi connectivity index (χ4v) is 2.12. The summed E-state index contributed by atoms with van der Waals surface area (Å²) in [4.78, 5) is 0. The van der Waals surface area contributed by atoms with E-state index in [4.69, 9.17) is 4.42 Å². The second-order valence-corrected chi connectivity index (χ2v) is 5.26. The highest BCUT2D eigenvalue weighted by Gasteiger charge is 2.06. The predicted molar refractivity (Wildman–Crippen MR) is 71.0 cm³/mol. The maximum Gasteiger partial charge on any atom is 0.183 e. The molecule has 1 heterocycles. The molecule has 0 aliphatic carbocycles. The van der Waals surface area contributed by atoms with Crippen molar-refractivity contribution in [3.05, 3.63) is 56.4 Å². The molecule has 0 aliphatic rings. The summed E-state index contributed by atoms with van der Waals surface area (Å²) in [7, 11) is 0. The van der Waals surface area contributed by atoms with E-state index in [1.165, 1.54) is 6.07 Å². The smallest absolute Gasteiger partial charge is 0.183 e. The van der Waals surface area contributed by atoms with Crippen LogP contribution >= 0.6 is 31.9 Å². The van der Waals surface area contributed by atoms with E-state index in [1.807, 2.05) is 6.07 Å². The lowest BCUT2D eigenvalue weighted by Crippen LogP contribution is -2.12. The average Bonchev–Trinajstić information content (AvgIpc) is 2.63. The molecule has 6 heteroatoms. The Kier molecular flexibility index (Phi) is 4.53. The number of benzene rings is 1. The molecule has 0 radical (unpaired) electrons. The molecule has 96 valence electrons. The van der Waals surface area contributed by atoms with E-state index in [2.05, 4.69) is 37.2 Å². The molecule has 1 N–H and O–H groups in total. The lowest BCUT2D eigenvalue weighted by atomic mass is 10.2. The first-order chi connectivity index (χ1) is 8.56. The monoisotopic (exact) mass is 379 g/mol. The number of furan rings is 1. The second kappa shape index (κ2) is 5.95. The van der Waals surface area contributed by atoms with Gasteiger partial charge in [-0.05, 0) is 55.6 Å². The zero-order valence-corrected chi connectivity index (χ0v) is 12.3. The molecule has 0 saturated carbocycles. The first kappa shape index (κ1) is 13.7. The summed E-state index contributed by atoms with van der Waals surface area (Å²) in [6.07, 6.45) is 0. The van der Waals surface area contributed by atoms with Crippen molar-refractivity contribution < 1.29 is 13.2 Å². The minimum atomic E-state index is -0.836. The Morgan fingerprint density at radius 2 is 1.83 bits per heavy atom. The van der Waals surface area contributed by atoms with Gasteiger partial charge >= 0.3 is 0 Å². The zero-order valence-electron chi connectivity index (χ0n) is 9.14. The summed E-state index contributed by atoms with van der Waals surface area (Å²) in [5.41, 5.74) is 0.679. The predicted octanol–water partition coefficient (Wildman–Crippen LogP) is 4.37. The van der Waals surface area contributed by atoms with Crippen LogP contribution in [0.2, 0.25) is 0 Å². The van der Waals surface area contributed by atoms with Gasteiger partial charge in [0, 0.05) is 6.54 Å². The lowest BCUT2D eigenvalue weighted by Gasteiger charge is -2.03. The van der Waals surface area contributed by atoms with E-state index >= 15 is 0 Å². The SMILES string of the molecule is Fc1ccc(CNCc2cc(Br)c(Br)o2)cc1F. The van der Waals surface area contributed by atoms with Crippen molar-refractivity contribution >= 4 is 31.9 Å². The van der Waals surface area contributed by atoms with Gasteiger partial charge in [-0.25, -0.2) is 8.78 Å². The fraction of sp³-hybridized carbons (Fsp3) is 0.167. The van der Waals surface area contributed by atoms with E-state index in [1.54, 1.807) is 6.07 Å². The summed E-state index contributed by atoms with van der Waals surface area (Å²) < 4.78 is 32.5. The van der Waals surface area contributed by atoms with E-state index in [9.17, 15) is 8.78 Å². The van der Waals surface area contributed by atoms with Crippen LogP contribution in [0.15, 0.2) is 37.8 Å². The summed E-state index contributed by atoms with van der Waals surface area (Å²) in [6.45, 7) is 0.941. The summed E-state index contributed by atoms with van der Waals surface area (Å²) in [5, 5.41) is 3.08. The van der Waals surface area contributed by atoms with Crippen molar-refractivity contribution in [3.8, 4) is 0 Å². The Bertz CT molecular complexity index is 538. The molecule has 0 aliphatic heterocycles. The van der Waals surface area contributed by atoms with Gasteiger partial charge in [0.25, 0.3) is 0 Å². The van der Waals surface area contributed by atoms with Crippen LogP contribution in [0.1, 0.15) is 11.3 Å². The van der Waals surface area contributed by atoms with Gasteiger partial charge in [-0.1, -0.05) is 6.07 Å². The van der Waals surface area contributed by atoms with Gasteiger partial charge in [-0.3, -0.25) is 0 Å². The average molecular weight is 381 g/mol. The van der Waals surface area contributed by atoms with E-state index < -0.39 is 11.6 Å². The molecule has 0 unspecified atom stereocenters. The number of halogens is 4. The van der Waals surface area contributed by atoms with Crippen LogP contribution in [-0.2, 0) is 13.1 Å². The molecule has 1 aromatic heterocycles. The Morgan fingerprint density at radius 3 is 2.44 bits per heavy atom. The molecule has 0 bridgehead atoms. The molecule has 2 nitrogen and oxygen atoms in total. The molecule has 0 saturated heterocycles. The molecular formula is C12H9Br2F2NO. The highest BCUT2D eigenvalue weighted by Crippen LogP contribution is 2.26. The van der Waals surface area contributed by atoms with Crippen LogP contribution in [0, 0.1) is 11.6 Å². The maximum absolute atomic E-state index is 13.0. The Hall–Kier alpha value is -0.720. The third-order valence-corrected chi connectivity index (χ3v) is 4.02. The molecule has 0 amide bonds. The highest BCUT2D eigenvalue weighted by molar-refractivity contribution is 9.13. The van der Waals surface area contributed by atoms with Gasteiger partial charge in [-0.15, -0.1) is 0 Å². The van der Waals surface area contributed by atoms with Crippen molar-refractivity contribution in [1.82, 2.24) is 5.32 Å². The first-order valence-corrected chi connectivity index (χ1v) is 6.73. The molecule has 0 atom stereocenters. The van der Waals surface area contributed by atoms with Gasteiger partial charge in [-0.2, -0.15) is 0 Å². The summed E-state index contributed by atoms with van der Waals surface area (Å²) >= 11 is 6.55. The third kappa shape index (κ3) is 3.40. The number of hydrogen-bond donors (Lipinski definition) is 1. The zero-order chi connectivity index (χ0) is 13.1. The standard InChI is InChI=1S/C12H9Br2F2NO/c13-9-4-8(18-12(9)14)6-17-5-7-1-2-10(15)11(16)3-7/h1-4,17H,5-6H2. The van der Waals surface area contributed by atoms with Crippen LogP contribution in [0.4, 0.5) is 8.78 Å². The van der Waals surface area contributed by atoms with Crippen molar-refractivity contribution in [2.75, 3.05) is 0 Å². The molecule has 0 spiro atoms. The maximum atomic E-state index is 13.0. The van der Waals surface area contributed by atoms with Gasteiger partial charge < -0.3 is 9.73 Å². The topological polar surface area (TPSA) is 25.2 Å². The van der Waals surface area contributed by atoms with E-state index in [0.717, 1.165) is 16.3 Å². The minimum Gasteiger partial charge on any atom is -0.452 e. The van der Waals surface area contributed by atoms with E-state index in [-0.39, 0.29) is 0 Å². The largest absolute Gasteiger partial charge is 0.452 e. The fourth-order valence-electron chi connectivity index (χ4n) is 1.46. The van der Waals surface area contributed by atoms with Gasteiger partial charge in [0.2, 0.25) is 0 Å². The van der Waals surface area contributed by atoms with Gasteiger partial charge in [0.1, 0.15) is 5.76 Å². The lowest BCUT2D eigenvalue weighted by molar-refractivity contribution is 0.463. The van der Waals surface area contributed by atoms with E-state index in [0.29, 0.717) is 23.3 Å². The Morgan fingerprint density at radius 1 is 1.06 bits per heavy atom. The van der Waals surface area contributed by atoms with Crippen molar-refractivity contribution in [1.29, 1.82) is 0 Å². The molecule has 18 heavy (non-hydrogen) atoms. The van der Waals surface area contributed by atoms with Crippen LogP contribution in [0.5, 0.6) is 0 Å². The van der Waals surface area contributed by atoms with Gasteiger partial charge in [0.05, 0.1) is 11.0 Å². The van der Waals surface area contributed by atoms with Gasteiger partial charge in [0.15, 0.2) is 16.3 Å². The minimum absolute atomic E-state index is 0.438. The van der Waals surface area contributed by atoms with Crippen LogP contribution < -0.4 is 5.32 Å². The number of rotatable bonds is 4. The Labute approximate surface area is 120 Å². The molecule has 2 aromatic rings. The number of hydrogen-bond acceptors (Lipinski definition) is 2. The number of nitrogens with one attached hydrogen (secondary N) is 1. The van der Waals surface area contributed by atoms with Crippen molar-refractivity contribution in [2.45, 2.75) is 13.1 Å². The summed E-state index contributed by atoms with van der Waals surface area (Å²) in [6, 6.07) is 5.67. The molecule has 0 fully saturated rings. The van der Waals surface area contributed by atoms with Crippen LogP contribution in [0.3, 0.4) is 0 Å². The van der Waals surface area contributed by atoms with Crippen LogP contribution in [0.25, 0.3) is 0 Å². The molecular weight excluding hydrogens is 372 g/mol. The Balaban J connectivity index is 1.90. The molecule has 2 rings (SSSR count). The second-order valence-electron chi connectivity index (χ2n) is 3.69. The third-order valence-electron chi connectivity index (χ3n) is 2.31. The van der Waals surface area contributed by atoms with Crippen molar-refractivity contribution in [2.24, 2.45) is 0 Å². The first-order valence-electron chi connectivity index (χ1n) is 5.14. The molecule has 1 aromatic carbocycles. The van der Waals surface area contributed by atoms with Crippen LogP contribution in [-0.4, -0.2) is 0 Å². The normalized spacial score (nSPS) is 10.9. The van der Waals surface area contributed by atoms with Crippen molar-refractivity contribution in [3.63, 3.8) is 0 Å².